The van der Waals surface area contributed by atoms with E-state index in [-0.39, 0.29) is 17.2 Å². The average Bonchev–Trinajstić information content (AvgIpc) is 2.72. The summed E-state index contributed by atoms with van der Waals surface area (Å²) in [5, 5.41) is 15.1. The summed E-state index contributed by atoms with van der Waals surface area (Å²) in [7, 11) is 0. The highest BCUT2D eigenvalue weighted by atomic mass is 35.5. The Bertz CT molecular complexity index is 1110. The van der Waals surface area contributed by atoms with Gasteiger partial charge in [-0.1, -0.05) is 29.8 Å². The van der Waals surface area contributed by atoms with Crippen LogP contribution in [-0.4, -0.2) is 16.8 Å². The summed E-state index contributed by atoms with van der Waals surface area (Å²) in [6.45, 7) is 1.80. The number of hydrogen-bond acceptors (Lipinski definition) is 4. The van der Waals surface area contributed by atoms with Crippen molar-refractivity contribution in [1.82, 2.24) is 4.98 Å². The van der Waals surface area contributed by atoms with Crippen LogP contribution < -0.4 is 10.6 Å². The number of hydrogen-bond donors (Lipinski definition) is 2. The lowest BCUT2D eigenvalue weighted by molar-refractivity contribution is 0.102. The van der Waals surface area contributed by atoms with Gasteiger partial charge in [0.05, 0.1) is 11.3 Å². The minimum Gasteiger partial charge on any atom is -0.322 e. The summed E-state index contributed by atoms with van der Waals surface area (Å²) in [5.74, 6) is -0.907. The van der Waals surface area contributed by atoms with Crippen LogP contribution in [0.2, 0.25) is 5.02 Å². The SMILES string of the molecule is Cc1c(Cl)cccc1NC(=O)c1ccnc(C(=O)Nc2ccccc2C#N)c1. The zero-order valence-corrected chi connectivity index (χ0v) is 15.6. The molecule has 0 saturated carbocycles. The van der Waals surface area contributed by atoms with E-state index >= 15 is 0 Å². The monoisotopic (exact) mass is 390 g/mol. The Kier molecular flexibility index (Phi) is 5.68. The van der Waals surface area contributed by atoms with Crippen molar-refractivity contribution in [3.63, 3.8) is 0 Å². The molecule has 0 unspecified atom stereocenters. The second kappa shape index (κ2) is 8.33. The van der Waals surface area contributed by atoms with Crippen LogP contribution in [-0.2, 0) is 0 Å². The summed E-state index contributed by atoms with van der Waals surface area (Å²) < 4.78 is 0. The Balaban J connectivity index is 1.80. The van der Waals surface area contributed by atoms with E-state index < -0.39 is 5.91 Å². The molecule has 2 amide bonds. The van der Waals surface area contributed by atoms with E-state index in [9.17, 15) is 9.59 Å². The van der Waals surface area contributed by atoms with Gasteiger partial charge in [-0.15, -0.1) is 0 Å². The van der Waals surface area contributed by atoms with Crippen molar-refractivity contribution in [1.29, 1.82) is 5.26 Å². The number of rotatable bonds is 4. The summed E-state index contributed by atoms with van der Waals surface area (Å²) >= 11 is 6.07. The molecule has 138 valence electrons. The number of benzene rings is 2. The van der Waals surface area contributed by atoms with E-state index in [2.05, 4.69) is 15.6 Å². The van der Waals surface area contributed by atoms with Crippen LogP contribution in [0.5, 0.6) is 0 Å². The first-order chi connectivity index (χ1) is 13.5. The lowest BCUT2D eigenvalue weighted by Crippen LogP contribution is -2.17. The zero-order valence-electron chi connectivity index (χ0n) is 14.9. The Morgan fingerprint density at radius 3 is 2.50 bits per heavy atom. The molecule has 3 aromatic rings. The van der Waals surface area contributed by atoms with Crippen molar-refractivity contribution in [2.75, 3.05) is 10.6 Å². The molecule has 0 aliphatic heterocycles. The summed E-state index contributed by atoms with van der Waals surface area (Å²) in [6, 6.07) is 16.8. The predicted molar refractivity (Wildman–Crippen MR) is 107 cm³/mol. The number of aromatic nitrogens is 1. The van der Waals surface area contributed by atoms with Gasteiger partial charge in [0, 0.05) is 22.5 Å². The van der Waals surface area contributed by atoms with Gasteiger partial charge in [-0.05, 0) is 48.9 Å². The molecule has 1 heterocycles. The van der Waals surface area contributed by atoms with Gasteiger partial charge in [0.1, 0.15) is 11.8 Å². The van der Waals surface area contributed by atoms with Gasteiger partial charge in [-0.2, -0.15) is 5.26 Å². The molecule has 2 aromatic carbocycles. The Morgan fingerprint density at radius 1 is 1.00 bits per heavy atom. The largest absolute Gasteiger partial charge is 0.322 e. The predicted octanol–water partition coefficient (Wildman–Crippen LogP) is 4.42. The number of halogens is 1. The molecule has 1 aromatic heterocycles. The minimum atomic E-state index is -0.517. The number of nitriles is 1. The first-order valence-corrected chi connectivity index (χ1v) is 8.70. The molecule has 3 rings (SSSR count). The van der Waals surface area contributed by atoms with Crippen LogP contribution in [0.3, 0.4) is 0 Å². The fourth-order valence-electron chi connectivity index (χ4n) is 2.51. The van der Waals surface area contributed by atoms with Crippen molar-refractivity contribution in [3.8, 4) is 6.07 Å². The molecular weight excluding hydrogens is 376 g/mol. The number of anilines is 2. The van der Waals surface area contributed by atoms with Crippen LogP contribution >= 0.6 is 11.6 Å². The molecule has 0 atom stereocenters. The number of nitrogens with zero attached hydrogens (tertiary/aromatic N) is 2. The topological polar surface area (TPSA) is 94.9 Å². The lowest BCUT2D eigenvalue weighted by Gasteiger charge is -2.10. The fourth-order valence-corrected chi connectivity index (χ4v) is 2.68. The molecule has 6 nitrogen and oxygen atoms in total. The third-order valence-electron chi connectivity index (χ3n) is 4.07. The quantitative estimate of drug-likeness (QED) is 0.689. The highest BCUT2D eigenvalue weighted by Gasteiger charge is 2.14. The Labute approximate surface area is 166 Å². The molecule has 0 aliphatic rings. The van der Waals surface area contributed by atoms with E-state index in [1.807, 2.05) is 6.07 Å². The molecule has 0 fully saturated rings. The summed E-state index contributed by atoms with van der Waals surface area (Å²) in [6.07, 6.45) is 1.38. The van der Waals surface area contributed by atoms with Crippen molar-refractivity contribution >= 4 is 34.8 Å². The standard InChI is InChI=1S/C21H15ClN4O2/c1-13-16(22)6-4-8-17(13)25-20(27)14-9-10-24-19(11-14)21(28)26-18-7-3-2-5-15(18)12-23/h2-11H,1H3,(H,25,27)(H,26,28). The van der Waals surface area contributed by atoms with Gasteiger partial charge in [-0.25, -0.2) is 0 Å². The maximum Gasteiger partial charge on any atom is 0.274 e. The Morgan fingerprint density at radius 2 is 1.71 bits per heavy atom. The van der Waals surface area contributed by atoms with Crippen LogP contribution in [0, 0.1) is 18.3 Å². The highest BCUT2D eigenvalue weighted by molar-refractivity contribution is 6.31. The fraction of sp³-hybridized carbons (Fsp3) is 0.0476. The molecule has 0 saturated heterocycles. The molecule has 28 heavy (non-hydrogen) atoms. The van der Waals surface area contributed by atoms with Crippen molar-refractivity contribution in [2.24, 2.45) is 0 Å². The number of carbonyl (C=O) groups is 2. The second-order valence-electron chi connectivity index (χ2n) is 5.91. The molecular formula is C21H15ClN4O2. The normalized spacial score (nSPS) is 10.0. The third-order valence-corrected chi connectivity index (χ3v) is 4.48. The molecule has 0 bridgehead atoms. The minimum absolute atomic E-state index is 0.0585. The first-order valence-electron chi connectivity index (χ1n) is 8.32. The van der Waals surface area contributed by atoms with Crippen LogP contribution in [0.4, 0.5) is 11.4 Å². The Hall–Kier alpha value is -3.69. The van der Waals surface area contributed by atoms with Crippen molar-refractivity contribution in [2.45, 2.75) is 6.92 Å². The lowest BCUT2D eigenvalue weighted by atomic mass is 10.1. The highest BCUT2D eigenvalue weighted by Crippen LogP contribution is 2.23. The van der Waals surface area contributed by atoms with Crippen LogP contribution in [0.1, 0.15) is 32.0 Å². The maximum absolute atomic E-state index is 12.6. The first kappa shape index (κ1) is 19.1. The van der Waals surface area contributed by atoms with Crippen molar-refractivity contribution < 1.29 is 9.59 Å². The van der Waals surface area contributed by atoms with Gasteiger partial charge >= 0.3 is 0 Å². The molecule has 0 aliphatic carbocycles. The molecule has 2 N–H and O–H groups in total. The van der Waals surface area contributed by atoms with E-state index in [0.29, 0.717) is 22.0 Å². The summed E-state index contributed by atoms with van der Waals surface area (Å²) in [5.41, 5.74) is 2.37. The van der Waals surface area contributed by atoms with Crippen LogP contribution in [0.15, 0.2) is 60.8 Å². The van der Waals surface area contributed by atoms with Crippen LogP contribution in [0.25, 0.3) is 0 Å². The van der Waals surface area contributed by atoms with E-state index in [4.69, 9.17) is 16.9 Å². The number of pyridine rings is 1. The number of amides is 2. The van der Waals surface area contributed by atoms with Gasteiger partial charge in [-0.3, -0.25) is 14.6 Å². The van der Waals surface area contributed by atoms with Gasteiger partial charge < -0.3 is 10.6 Å². The third kappa shape index (κ3) is 4.17. The van der Waals surface area contributed by atoms with E-state index in [1.165, 1.54) is 18.3 Å². The van der Waals surface area contributed by atoms with Gasteiger partial charge in [0.2, 0.25) is 0 Å². The van der Waals surface area contributed by atoms with Crippen molar-refractivity contribution in [3.05, 3.63) is 88.2 Å². The zero-order chi connectivity index (χ0) is 20.1. The van der Waals surface area contributed by atoms with Gasteiger partial charge in [0.15, 0.2) is 0 Å². The van der Waals surface area contributed by atoms with E-state index in [1.54, 1.807) is 49.4 Å². The number of carbonyl (C=O) groups excluding carboxylic acids is 2. The number of nitrogens with one attached hydrogen (secondary N) is 2. The number of para-hydroxylation sites is 1. The van der Waals surface area contributed by atoms with E-state index in [0.717, 1.165) is 5.56 Å². The molecule has 7 heteroatoms. The average molecular weight is 391 g/mol. The van der Waals surface area contributed by atoms with Gasteiger partial charge in [0.25, 0.3) is 11.8 Å². The second-order valence-corrected chi connectivity index (χ2v) is 6.31. The molecule has 0 radical (unpaired) electrons. The molecule has 0 spiro atoms. The smallest absolute Gasteiger partial charge is 0.274 e. The summed E-state index contributed by atoms with van der Waals surface area (Å²) in [4.78, 5) is 29.1. The maximum atomic E-state index is 12.6.